The first-order chi connectivity index (χ1) is 9.63. The van der Waals surface area contributed by atoms with E-state index in [4.69, 9.17) is 0 Å². The Kier molecular flexibility index (Phi) is 5.84. The molecule has 110 valence electrons. The van der Waals surface area contributed by atoms with Crippen LogP contribution in [0.4, 0.5) is 5.69 Å². The minimum absolute atomic E-state index is 0.0394. The standard InChI is InChI=1S/C16H23IN2O/c1-12-6-5-7-13(2)15(12)18-16(20)14-8-3-4-10-19(14)11-9-17/h5-7,14H,3-4,8-11H2,1-2H3,(H,18,20). The number of anilines is 1. The smallest absolute Gasteiger partial charge is 0.241 e. The summed E-state index contributed by atoms with van der Waals surface area (Å²) >= 11 is 2.38. The van der Waals surface area contributed by atoms with Gasteiger partial charge in [0.05, 0.1) is 6.04 Å². The maximum absolute atomic E-state index is 12.6. The Bertz CT molecular complexity index is 453. The zero-order chi connectivity index (χ0) is 14.5. The summed E-state index contributed by atoms with van der Waals surface area (Å²) < 4.78 is 1.07. The zero-order valence-electron chi connectivity index (χ0n) is 12.3. The van der Waals surface area contributed by atoms with Gasteiger partial charge in [-0.2, -0.15) is 0 Å². The number of aryl methyl sites for hydroxylation is 2. The van der Waals surface area contributed by atoms with Crippen LogP contribution >= 0.6 is 22.6 Å². The molecule has 4 heteroatoms. The van der Waals surface area contributed by atoms with Crippen LogP contribution in [0.25, 0.3) is 0 Å². The number of nitrogens with zero attached hydrogens (tertiary/aromatic N) is 1. The molecule has 0 saturated carbocycles. The molecule has 20 heavy (non-hydrogen) atoms. The molecule has 1 unspecified atom stereocenters. The first-order valence-electron chi connectivity index (χ1n) is 7.30. The summed E-state index contributed by atoms with van der Waals surface area (Å²) in [4.78, 5) is 14.9. The van der Waals surface area contributed by atoms with E-state index in [1.807, 2.05) is 32.0 Å². The van der Waals surface area contributed by atoms with Gasteiger partial charge in [0.2, 0.25) is 5.91 Å². The van der Waals surface area contributed by atoms with E-state index in [1.54, 1.807) is 0 Å². The third kappa shape index (κ3) is 3.73. The molecule has 1 saturated heterocycles. The normalized spacial score (nSPS) is 19.9. The highest BCUT2D eigenvalue weighted by molar-refractivity contribution is 14.1. The van der Waals surface area contributed by atoms with Gasteiger partial charge in [0.1, 0.15) is 0 Å². The van der Waals surface area contributed by atoms with Crippen molar-refractivity contribution in [3.8, 4) is 0 Å². The number of para-hydroxylation sites is 1. The van der Waals surface area contributed by atoms with Crippen LogP contribution in [0.5, 0.6) is 0 Å². The molecule has 0 aliphatic carbocycles. The summed E-state index contributed by atoms with van der Waals surface area (Å²) in [5.74, 6) is 0.159. The van der Waals surface area contributed by atoms with Gasteiger partial charge in [0, 0.05) is 16.7 Å². The van der Waals surface area contributed by atoms with Crippen molar-refractivity contribution in [1.82, 2.24) is 4.90 Å². The number of benzene rings is 1. The van der Waals surface area contributed by atoms with E-state index in [0.29, 0.717) is 0 Å². The van der Waals surface area contributed by atoms with Crippen molar-refractivity contribution in [3.05, 3.63) is 29.3 Å². The van der Waals surface area contributed by atoms with Crippen molar-refractivity contribution < 1.29 is 4.79 Å². The van der Waals surface area contributed by atoms with Gasteiger partial charge in [-0.15, -0.1) is 0 Å². The summed E-state index contributed by atoms with van der Waals surface area (Å²) in [6.07, 6.45) is 3.35. The minimum atomic E-state index is 0.0394. The molecule has 1 N–H and O–H groups in total. The number of nitrogens with one attached hydrogen (secondary N) is 1. The predicted molar refractivity (Wildman–Crippen MR) is 92.6 cm³/mol. The zero-order valence-corrected chi connectivity index (χ0v) is 14.4. The molecule has 1 amide bonds. The highest BCUT2D eigenvalue weighted by Gasteiger charge is 2.28. The number of alkyl halides is 1. The second kappa shape index (κ2) is 7.41. The van der Waals surface area contributed by atoms with Gasteiger partial charge >= 0.3 is 0 Å². The maximum atomic E-state index is 12.6. The molecule has 1 atom stereocenters. The number of piperidine rings is 1. The number of halogens is 1. The number of hydrogen-bond donors (Lipinski definition) is 1. The Morgan fingerprint density at radius 1 is 1.35 bits per heavy atom. The average molecular weight is 386 g/mol. The van der Waals surface area contributed by atoms with E-state index in [0.717, 1.165) is 47.2 Å². The second-order valence-electron chi connectivity index (χ2n) is 5.49. The highest BCUT2D eigenvalue weighted by Crippen LogP contribution is 2.23. The SMILES string of the molecule is Cc1cccc(C)c1NC(=O)C1CCCCN1CCI. The fraction of sp³-hybridized carbons (Fsp3) is 0.562. The molecule has 1 aliphatic rings. The van der Waals surface area contributed by atoms with E-state index >= 15 is 0 Å². The first kappa shape index (κ1) is 15.8. The van der Waals surface area contributed by atoms with Crippen LogP contribution in [0.15, 0.2) is 18.2 Å². The number of rotatable bonds is 4. The molecule has 3 nitrogen and oxygen atoms in total. The van der Waals surface area contributed by atoms with Crippen molar-refractivity contribution in [1.29, 1.82) is 0 Å². The maximum Gasteiger partial charge on any atom is 0.241 e. The lowest BCUT2D eigenvalue weighted by molar-refractivity contribution is -0.122. The summed E-state index contributed by atoms with van der Waals surface area (Å²) in [6.45, 7) is 6.15. The number of carbonyl (C=O) groups is 1. The number of likely N-dealkylation sites (tertiary alicyclic amines) is 1. The van der Waals surface area contributed by atoms with Gasteiger partial charge in [-0.25, -0.2) is 0 Å². The Hall–Kier alpha value is -0.620. The molecule has 2 rings (SSSR count). The van der Waals surface area contributed by atoms with E-state index < -0.39 is 0 Å². The van der Waals surface area contributed by atoms with Crippen molar-refractivity contribution in [2.45, 2.75) is 39.2 Å². The molecule has 1 aliphatic heterocycles. The number of carbonyl (C=O) groups excluding carboxylic acids is 1. The van der Waals surface area contributed by atoms with E-state index in [-0.39, 0.29) is 11.9 Å². The van der Waals surface area contributed by atoms with Gasteiger partial charge in [-0.1, -0.05) is 47.2 Å². The third-order valence-corrected chi connectivity index (χ3v) is 4.50. The first-order valence-corrected chi connectivity index (χ1v) is 8.83. The van der Waals surface area contributed by atoms with Crippen LogP contribution in [0.1, 0.15) is 30.4 Å². The fourth-order valence-electron chi connectivity index (χ4n) is 2.88. The highest BCUT2D eigenvalue weighted by atomic mass is 127. The van der Waals surface area contributed by atoms with Crippen LogP contribution < -0.4 is 5.32 Å². The Labute approximate surface area is 135 Å². The summed E-state index contributed by atoms with van der Waals surface area (Å²) in [5.41, 5.74) is 3.25. The third-order valence-electron chi connectivity index (χ3n) is 4.02. The van der Waals surface area contributed by atoms with E-state index in [2.05, 4.69) is 32.8 Å². The lowest BCUT2D eigenvalue weighted by Crippen LogP contribution is -2.47. The Morgan fingerprint density at radius 2 is 2.05 bits per heavy atom. The van der Waals surface area contributed by atoms with Crippen molar-refractivity contribution in [2.24, 2.45) is 0 Å². The molecule has 0 bridgehead atoms. The van der Waals surface area contributed by atoms with Crippen LogP contribution in [0.2, 0.25) is 0 Å². The summed E-state index contributed by atoms with van der Waals surface area (Å²) in [7, 11) is 0. The van der Waals surface area contributed by atoms with Crippen LogP contribution in [-0.2, 0) is 4.79 Å². The molecule has 0 aromatic heterocycles. The molecule has 1 aromatic carbocycles. The lowest BCUT2D eigenvalue weighted by atomic mass is 10.0. The molecular formula is C16H23IN2O. The van der Waals surface area contributed by atoms with E-state index in [1.165, 1.54) is 6.42 Å². The van der Waals surface area contributed by atoms with Crippen molar-refractivity contribution in [2.75, 3.05) is 22.8 Å². The largest absolute Gasteiger partial charge is 0.324 e. The monoisotopic (exact) mass is 386 g/mol. The predicted octanol–water partition coefficient (Wildman–Crippen LogP) is 3.53. The lowest BCUT2D eigenvalue weighted by Gasteiger charge is -2.34. The van der Waals surface area contributed by atoms with Gasteiger partial charge in [-0.3, -0.25) is 9.69 Å². The number of amides is 1. The summed E-state index contributed by atoms with van der Waals surface area (Å²) in [6, 6.07) is 6.17. The van der Waals surface area contributed by atoms with Crippen LogP contribution in [0, 0.1) is 13.8 Å². The van der Waals surface area contributed by atoms with Crippen molar-refractivity contribution in [3.63, 3.8) is 0 Å². The Balaban J connectivity index is 2.10. The summed E-state index contributed by atoms with van der Waals surface area (Å²) in [5, 5.41) is 3.15. The molecule has 1 fully saturated rings. The number of hydrogen-bond acceptors (Lipinski definition) is 2. The van der Waals surface area contributed by atoms with Gasteiger partial charge in [-0.05, 0) is 44.4 Å². The van der Waals surface area contributed by atoms with Crippen molar-refractivity contribution >= 4 is 34.2 Å². The minimum Gasteiger partial charge on any atom is -0.324 e. The van der Waals surface area contributed by atoms with Gasteiger partial charge < -0.3 is 5.32 Å². The fourth-order valence-corrected chi connectivity index (χ4v) is 3.50. The molecular weight excluding hydrogens is 363 g/mol. The average Bonchev–Trinajstić information content (AvgIpc) is 2.44. The van der Waals surface area contributed by atoms with Crippen LogP contribution in [0.3, 0.4) is 0 Å². The second-order valence-corrected chi connectivity index (χ2v) is 6.57. The van der Waals surface area contributed by atoms with E-state index in [9.17, 15) is 4.79 Å². The molecule has 1 heterocycles. The van der Waals surface area contributed by atoms with Crippen LogP contribution in [-0.4, -0.2) is 34.4 Å². The van der Waals surface area contributed by atoms with Gasteiger partial charge in [0.15, 0.2) is 0 Å². The molecule has 1 aromatic rings. The molecule has 0 spiro atoms. The topological polar surface area (TPSA) is 32.3 Å². The molecule has 0 radical (unpaired) electrons. The Morgan fingerprint density at radius 3 is 2.70 bits per heavy atom. The van der Waals surface area contributed by atoms with Gasteiger partial charge in [0.25, 0.3) is 0 Å². The quantitative estimate of drug-likeness (QED) is 0.634.